The molecule has 1 aliphatic heterocycles. The van der Waals surface area contributed by atoms with E-state index in [0.717, 1.165) is 24.3 Å². The zero-order valence-electron chi connectivity index (χ0n) is 15.8. The first-order chi connectivity index (χ1) is 13.1. The molecule has 0 aliphatic carbocycles. The number of methoxy groups -OCH3 is 2. The molecule has 1 amide bonds. The van der Waals surface area contributed by atoms with E-state index in [9.17, 15) is 4.79 Å². The second-order valence-electron chi connectivity index (χ2n) is 6.44. The third-order valence-electron chi connectivity index (χ3n) is 4.91. The lowest BCUT2D eigenvalue weighted by molar-refractivity contribution is 0.0746. The molecule has 0 atom stereocenters. The smallest absolute Gasteiger partial charge is 0.254 e. The Morgan fingerprint density at radius 2 is 1.70 bits per heavy atom. The fourth-order valence-corrected chi connectivity index (χ4v) is 3.29. The summed E-state index contributed by atoms with van der Waals surface area (Å²) in [5.41, 5.74) is 15.0. The lowest BCUT2D eigenvalue weighted by atomic mass is 10.1. The van der Waals surface area contributed by atoms with Crippen LogP contribution in [-0.2, 0) is 6.54 Å². The van der Waals surface area contributed by atoms with Crippen LogP contribution in [0.3, 0.4) is 0 Å². The number of hydrogen-bond donors (Lipinski definition) is 2. The van der Waals surface area contributed by atoms with Crippen LogP contribution in [0.5, 0.6) is 11.5 Å². The lowest BCUT2D eigenvalue weighted by Gasteiger charge is -2.36. The van der Waals surface area contributed by atoms with Gasteiger partial charge in [0.2, 0.25) is 0 Å². The Morgan fingerprint density at radius 1 is 1.00 bits per heavy atom. The Balaban J connectivity index is 1.67. The summed E-state index contributed by atoms with van der Waals surface area (Å²) < 4.78 is 10.5. The van der Waals surface area contributed by atoms with Crippen LogP contribution < -0.4 is 25.8 Å². The van der Waals surface area contributed by atoms with Gasteiger partial charge < -0.3 is 30.7 Å². The molecule has 0 unspecified atom stereocenters. The summed E-state index contributed by atoms with van der Waals surface area (Å²) in [5.74, 6) is 1.16. The van der Waals surface area contributed by atoms with E-state index in [0.29, 0.717) is 42.4 Å². The van der Waals surface area contributed by atoms with Crippen LogP contribution >= 0.6 is 0 Å². The number of hydrogen-bond acceptors (Lipinski definition) is 6. The zero-order valence-corrected chi connectivity index (χ0v) is 15.8. The number of nitrogens with zero attached hydrogens (tertiary/aromatic N) is 2. The van der Waals surface area contributed by atoms with E-state index in [1.165, 1.54) is 0 Å². The van der Waals surface area contributed by atoms with Gasteiger partial charge in [-0.1, -0.05) is 0 Å². The molecular formula is C20H26N4O3. The molecule has 1 saturated heterocycles. The van der Waals surface area contributed by atoms with Gasteiger partial charge in [0.1, 0.15) is 0 Å². The Kier molecular flexibility index (Phi) is 5.71. The van der Waals surface area contributed by atoms with Crippen molar-refractivity contribution in [3.63, 3.8) is 0 Å². The summed E-state index contributed by atoms with van der Waals surface area (Å²) in [5, 5.41) is 0. The van der Waals surface area contributed by atoms with Crippen molar-refractivity contribution in [2.24, 2.45) is 5.73 Å². The Hall–Kier alpha value is -2.93. The number of ether oxygens (including phenoxy) is 2. The second-order valence-corrected chi connectivity index (χ2v) is 6.44. The van der Waals surface area contributed by atoms with Gasteiger partial charge in [0, 0.05) is 49.7 Å². The van der Waals surface area contributed by atoms with Crippen LogP contribution in [0.1, 0.15) is 15.9 Å². The average Bonchev–Trinajstić information content (AvgIpc) is 2.73. The highest BCUT2D eigenvalue weighted by molar-refractivity contribution is 5.95. The standard InChI is InChI=1S/C20H26N4O3/c1-26-18-6-3-14(12-19(18)27-2)20(25)24-9-7-23(8-10-24)16-4-5-17(22)15(11-16)13-21/h3-6,11-12H,7-10,13,21-22H2,1-2H3. The van der Waals surface area contributed by atoms with Crippen molar-refractivity contribution in [1.29, 1.82) is 0 Å². The van der Waals surface area contributed by atoms with Gasteiger partial charge in [-0.25, -0.2) is 0 Å². The van der Waals surface area contributed by atoms with Crippen LogP contribution in [0.25, 0.3) is 0 Å². The quantitative estimate of drug-likeness (QED) is 0.778. The second kappa shape index (κ2) is 8.18. The first kappa shape index (κ1) is 18.8. The van der Waals surface area contributed by atoms with Crippen LogP contribution in [0.4, 0.5) is 11.4 Å². The van der Waals surface area contributed by atoms with Gasteiger partial charge in [0.05, 0.1) is 14.2 Å². The highest BCUT2D eigenvalue weighted by Gasteiger charge is 2.23. The average molecular weight is 370 g/mol. The van der Waals surface area contributed by atoms with E-state index in [4.69, 9.17) is 20.9 Å². The van der Waals surface area contributed by atoms with E-state index < -0.39 is 0 Å². The van der Waals surface area contributed by atoms with E-state index in [-0.39, 0.29) is 5.91 Å². The van der Waals surface area contributed by atoms with Crippen molar-refractivity contribution in [2.45, 2.75) is 6.54 Å². The molecule has 0 radical (unpaired) electrons. The minimum atomic E-state index is -0.00411. The maximum Gasteiger partial charge on any atom is 0.254 e. The maximum absolute atomic E-state index is 12.8. The van der Waals surface area contributed by atoms with Gasteiger partial charge in [-0.2, -0.15) is 0 Å². The van der Waals surface area contributed by atoms with Crippen molar-refractivity contribution in [2.75, 3.05) is 51.0 Å². The predicted molar refractivity (Wildman–Crippen MR) is 106 cm³/mol. The minimum Gasteiger partial charge on any atom is -0.493 e. The molecule has 4 N–H and O–H groups in total. The number of piperazine rings is 1. The van der Waals surface area contributed by atoms with Crippen molar-refractivity contribution in [3.05, 3.63) is 47.5 Å². The molecule has 7 heteroatoms. The van der Waals surface area contributed by atoms with Crippen molar-refractivity contribution in [1.82, 2.24) is 4.90 Å². The molecule has 27 heavy (non-hydrogen) atoms. The number of carbonyl (C=O) groups excluding carboxylic acids is 1. The van der Waals surface area contributed by atoms with Crippen molar-refractivity contribution < 1.29 is 14.3 Å². The normalized spacial score (nSPS) is 14.2. The molecule has 0 aromatic heterocycles. The number of nitrogen functional groups attached to an aromatic ring is 1. The van der Waals surface area contributed by atoms with E-state index >= 15 is 0 Å². The van der Waals surface area contributed by atoms with Crippen molar-refractivity contribution >= 4 is 17.3 Å². The van der Waals surface area contributed by atoms with Crippen LogP contribution in [-0.4, -0.2) is 51.2 Å². The van der Waals surface area contributed by atoms with Crippen LogP contribution in [0.15, 0.2) is 36.4 Å². The topological polar surface area (TPSA) is 94.0 Å². The molecule has 3 rings (SSSR count). The molecule has 1 heterocycles. The van der Waals surface area contributed by atoms with E-state index in [1.54, 1.807) is 32.4 Å². The van der Waals surface area contributed by atoms with Gasteiger partial charge in [-0.15, -0.1) is 0 Å². The zero-order chi connectivity index (χ0) is 19.4. The van der Waals surface area contributed by atoms with Gasteiger partial charge >= 0.3 is 0 Å². The van der Waals surface area contributed by atoms with Gasteiger partial charge in [0.25, 0.3) is 5.91 Å². The summed E-state index contributed by atoms with van der Waals surface area (Å²) >= 11 is 0. The SMILES string of the molecule is COc1ccc(C(=O)N2CCN(c3ccc(N)c(CN)c3)CC2)cc1OC. The number of benzene rings is 2. The summed E-state index contributed by atoms with van der Waals surface area (Å²) in [6.07, 6.45) is 0. The highest BCUT2D eigenvalue weighted by Crippen LogP contribution is 2.28. The lowest BCUT2D eigenvalue weighted by Crippen LogP contribution is -2.48. The molecule has 0 spiro atoms. The Labute approximate surface area is 159 Å². The van der Waals surface area contributed by atoms with Crippen molar-refractivity contribution in [3.8, 4) is 11.5 Å². The molecular weight excluding hydrogens is 344 g/mol. The monoisotopic (exact) mass is 370 g/mol. The van der Waals surface area contributed by atoms with Crippen LogP contribution in [0.2, 0.25) is 0 Å². The third-order valence-corrected chi connectivity index (χ3v) is 4.91. The van der Waals surface area contributed by atoms with E-state index in [1.807, 2.05) is 23.1 Å². The molecule has 144 valence electrons. The fourth-order valence-electron chi connectivity index (χ4n) is 3.29. The predicted octanol–water partition coefficient (Wildman–Crippen LogP) is 1.71. The molecule has 7 nitrogen and oxygen atoms in total. The number of amides is 1. The number of nitrogens with two attached hydrogens (primary N) is 2. The largest absolute Gasteiger partial charge is 0.493 e. The Bertz CT molecular complexity index is 817. The van der Waals surface area contributed by atoms with Crippen LogP contribution in [0, 0.1) is 0 Å². The fraction of sp³-hybridized carbons (Fsp3) is 0.350. The van der Waals surface area contributed by atoms with Gasteiger partial charge in [-0.05, 0) is 42.0 Å². The number of rotatable bonds is 5. The number of carbonyl (C=O) groups is 1. The molecule has 0 saturated carbocycles. The summed E-state index contributed by atoms with van der Waals surface area (Å²) in [6, 6.07) is 11.2. The first-order valence-corrected chi connectivity index (χ1v) is 8.92. The van der Waals surface area contributed by atoms with Gasteiger partial charge in [-0.3, -0.25) is 4.79 Å². The highest BCUT2D eigenvalue weighted by atomic mass is 16.5. The third kappa shape index (κ3) is 3.93. The van der Waals surface area contributed by atoms with E-state index in [2.05, 4.69) is 4.90 Å². The minimum absolute atomic E-state index is 0.00411. The molecule has 2 aromatic rings. The number of anilines is 2. The molecule has 0 bridgehead atoms. The Morgan fingerprint density at radius 3 is 2.33 bits per heavy atom. The van der Waals surface area contributed by atoms with Gasteiger partial charge in [0.15, 0.2) is 11.5 Å². The first-order valence-electron chi connectivity index (χ1n) is 8.92. The summed E-state index contributed by atoms with van der Waals surface area (Å²) in [7, 11) is 3.14. The molecule has 1 fully saturated rings. The summed E-state index contributed by atoms with van der Waals surface area (Å²) in [6.45, 7) is 3.22. The molecule has 1 aliphatic rings. The molecule has 2 aromatic carbocycles. The summed E-state index contributed by atoms with van der Waals surface area (Å²) in [4.78, 5) is 16.9. The maximum atomic E-state index is 12.8.